The topological polar surface area (TPSA) is 49.4 Å². The summed E-state index contributed by atoms with van der Waals surface area (Å²) in [6, 6.07) is -0.303. The van der Waals surface area contributed by atoms with Gasteiger partial charge < -0.3 is 4.90 Å². The molecule has 1 atom stereocenters. The average molecular weight is 142 g/mol. The number of carbonyl (C=O) groups is 2. The number of urea groups is 1. The highest BCUT2D eigenvalue weighted by Gasteiger charge is 2.25. The summed E-state index contributed by atoms with van der Waals surface area (Å²) >= 11 is 0. The van der Waals surface area contributed by atoms with Crippen molar-refractivity contribution in [2.45, 2.75) is 6.92 Å². The van der Waals surface area contributed by atoms with Gasteiger partial charge in [-0.15, -0.1) is 0 Å². The summed E-state index contributed by atoms with van der Waals surface area (Å²) in [7, 11) is 1.66. The average Bonchev–Trinajstić information content (AvgIpc) is 1.84. The van der Waals surface area contributed by atoms with E-state index in [0.717, 1.165) is 0 Å². The molecule has 0 spiro atoms. The molecule has 1 aliphatic rings. The van der Waals surface area contributed by atoms with Crippen LogP contribution in [-0.2, 0) is 4.79 Å². The Morgan fingerprint density at radius 3 is 2.70 bits per heavy atom. The van der Waals surface area contributed by atoms with E-state index in [1.807, 2.05) is 0 Å². The smallest absolute Gasteiger partial charge is 0.323 e. The fraction of sp³-hybridized carbons (Fsp3) is 0.667. The van der Waals surface area contributed by atoms with Gasteiger partial charge in [-0.25, -0.2) is 4.79 Å². The Balaban J connectivity index is 2.63. The highest BCUT2D eigenvalue weighted by atomic mass is 16.2. The van der Waals surface area contributed by atoms with Gasteiger partial charge in [-0.3, -0.25) is 10.1 Å². The van der Waals surface area contributed by atoms with Crippen LogP contribution in [0.4, 0.5) is 4.79 Å². The van der Waals surface area contributed by atoms with Gasteiger partial charge in [0.25, 0.3) is 0 Å². The van der Waals surface area contributed by atoms with Gasteiger partial charge >= 0.3 is 6.03 Å². The van der Waals surface area contributed by atoms with Crippen molar-refractivity contribution in [1.82, 2.24) is 10.2 Å². The summed E-state index contributed by atoms with van der Waals surface area (Å²) < 4.78 is 0. The summed E-state index contributed by atoms with van der Waals surface area (Å²) in [5.74, 6) is -0.259. The largest absolute Gasteiger partial charge is 0.327 e. The lowest BCUT2D eigenvalue weighted by Crippen LogP contribution is -2.51. The molecule has 3 amide bonds. The maximum absolute atomic E-state index is 10.8. The molecule has 1 aliphatic heterocycles. The second-order valence-electron chi connectivity index (χ2n) is 2.58. The Bertz CT molecular complexity index is 161. The van der Waals surface area contributed by atoms with Crippen LogP contribution in [0.25, 0.3) is 0 Å². The van der Waals surface area contributed by atoms with E-state index in [1.165, 1.54) is 4.90 Å². The summed E-state index contributed by atoms with van der Waals surface area (Å²) in [5.41, 5.74) is 0. The van der Waals surface area contributed by atoms with E-state index in [9.17, 15) is 9.59 Å². The van der Waals surface area contributed by atoms with Crippen molar-refractivity contribution in [2.75, 3.05) is 13.6 Å². The van der Waals surface area contributed by atoms with Crippen LogP contribution in [0, 0.1) is 5.92 Å². The predicted octanol–water partition coefficient (Wildman–Crippen LogP) is -0.196. The number of carbonyl (C=O) groups excluding carboxylic acids is 2. The van der Waals surface area contributed by atoms with Crippen LogP contribution >= 0.6 is 0 Å². The van der Waals surface area contributed by atoms with Crippen LogP contribution in [-0.4, -0.2) is 30.4 Å². The van der Waals surface area contributed by atoms with Crippen molar-refractivity contribution in [1.29, 1.82) is 0 Å². The third-order valence-electron chi connectivity index (χ3n) is 1.57. The first-order valence-corrected chi connectivity index (χ1v) is 3.17. The molecule has 1 rings (SSSR count). The van der Waals surface area contributed by atoms with E-state index >= 15 is 0 Å². The van der Waals surface area contributed by atoms with E-state index in [2.05, 4.69) is 5.32 Å². The molecule has 0 radical (unpaired) electrons. The Kier molecular flexibility index (Phi) is 1.61. The van der Waals surface area contributed by atoms with Gasteiger partial charge in [0.15, 0.2) is 0 Å². The Morgan fingerprint density at radius 1 is 1.60 bits per heavy atom. The molecule has 0 aromatic heterocycles. The fourth-order valence-electron chi connectivity index (χ4n) is 0.901. The van der Waals surface area contributed by atoms with E-state index in [4.69, 9.17) is 0 Å². The van der Waals surface area contributed by atoms with Crippen LogP contribution in [0.15, 0.2) is 0 Å². The number of amides is 3. The van der Waals surface area contributed by atoms with Crippen molar-refractivity contribution in [2.24, 2.45) is 5.92 Å². The summed E-state index contributed by atoms with van der Waals surface area (Å²) in [5, 5.41) is 2.23. The molecule has 1 heterocycles. The zero-order valence-corrected chi connectivity index (χ0v) is 6.05. The van der Waals surface area contributed by atoms with Crippen molar-refractivity contribution in [3.8, 4) is 0 Å². The minimum absolute atomic E-state index is 0.0808. The predicted molar refractivity (Wildman–Crippen MR) is 35.3 cm³/mol. The number of nitrogens with zero attached hydrogens (tertiary/aromatic N) is 1. The molecule has 1 saturated heterocycles. The van der Waals surface area contributed by atoms with Gasteiger partial charge in [0.1, 0.15) is 0 Å². The molecular weight excluding hydrogens is 132 g/mol. The van der Waals surface area contributed by atoms with Crippen LogP contribution in [0.5, 0.6) is 0 Å². The zero-order valence-electron chi connectivity index (χ0n) is 6.05. The summed E-state index contributed by atoms with van der Waals surface area (Å²) in [6.45, 7) is 2.31. The quantitative estimate of drug-likeness (QED) is 0.509. The molecular formula is C6H10N2O2. The Labute approximate surface area is 59.2 Å². The number of hydrogen-bond acceptors (Lipinski definition) is 2. The highest BCUT2D eigenvalue weighted by Crippen LogP contribution is 2.03. The molecule has 10 heavy (non-hydrogen) atoms. The number of hydrogen-bond donors (Lipinski definition) is 1. The van der Waals surface area contributed by atoms with E-state index in [-0.39, 0.29) is 17.9 Å². The number of nitrogens with one attached hydrogen (secondary N) is 1. The third kappa shape index (κ3) is 1.10. The van der Waals surface area contributed by atoms with Gasteiger partial charge in [-0.2, -0.15) is 0 Å². The molecule has 56 valence electrons. The van der Waals surface area contributed by atoms with Gasteiger partial charge in [0.2, 0.25) is 5.91 Å². The molecule has 4 heteroatoms. The van der Waals surface area contributed by atoms with E-state index in [0.29, 0.717) is 6.54 Å². The van der Waals surface area contributed by atoms with E-state index < -0.39 is 0 Å². The van der Waals surface area contributed by atoms with Crippen molar-refractivity contribution < 1.29 is 9.59 Å². The number of imide groups is 1. The SMILES string of the molecule is C[C@H]1CN(C)C(=O)NC1=O. The van der Waals surface area contributed by atoms with Crippen molar-refractivity contribution >= 4 is 11.9 Å². The molecule has 0 bridgehead atoms. The monoisotopic (exact) mass is 142 g/mol. The first-order valence-electron chi connectivity index (χ1n) is 3.17. The van der Waals surface area contributed by atoms with Gasteiger partial charge in [-0.05, 0) is 0 Å². The Morgan fingerprint density at radius 2 is 2.20 bits per heavy atom. The Hall–Kier alpha value is -1.06. The lowest BCUT2D eigenvalue weighted by atomic mass is 10.1. The van der Waals surface area contributed by atoms with Crippen LogP contribution in [0.2, 0.25) is 0 Å². The van der Waals surface area contributed by atoms with E-state index in [1.54, 1.807) is 14.0 Å². The second kappa shape index (κ2) is 2.28. The lowest BCUT2D eigenvalue weighted by Gasteiger charge is -2.26. The normalized spacial score (nSPS) is 26.6. The number of rotatable bonds is 0. The molecule has 4 nitrogen and oxygen atoms in total. The first kappa shape index (κ1) is 7.05. The van der Waals surface area contributed by atoms with Gasteiger partial charge in [0, 0.05) is 13.6 Å². The minimum Gasteiger partial charge on any atom is -0.327 e. The standard InChI is InChI=1S/C6H10N2O2/c1-4-3-8(2)6(10)7-5(4)9/h4H,3H2,1-2H3,(H,7,9,10)/t4-/m0/s1. The highest BCUT2D eigenvalue weighted by molar-refractivity contribution is 5.97. The van der Waals surface area contributed by atoms with Gasteiger partial charge in [-0.1, -0.05) is 6.92 Å². The molecule has 1 N–H and O–H groups in total. The molecule has 0 aromatic carbocycles. The molecule has 0 unspecified atom stereocenters. The summed E-state index contributed by atoms with van der Waals surface area (Å²) in [4.78, 5) is 23.0. The second-order valence-corrected chi connectivity index (χ2v) is 2.58. The lowest BCUT2D eigenvalue weighted by molar-refractivity contribution is -0.125. The van der Waals surface area contributed by atoms with Crippen LogP contribution < -0.4 is 5.32 Å². The molecule has 0 saturated carbocycles. The van der Waals surface area contributed by atoms with Crippen molar-refractivity contribution in [3.05, 3.63) is 0 Å². The van der Waals surface area contributed by atoms with Crippen LogP contribution in [0.1, 0.15) is 6.92 Å². The van der Waals surface area contributed by atoms with Gasteiger partial charge in [0.05, 0.1) is 5.92 Å². The first-order chi connectivity index (χ1) is 4.61. The van der Waals surface area contributed by atoms with Crippen molar-refractivity contribution in [3.63, 3.8) is 0 Å². The zero-order chi connectivity index (χ0) is 7.72. The molecule has 0 aliphatic carbocycles. The molecule has 0 aromatic rings. The van der Waals surface area contributed by atoms with Crippen LogP contribution in [0.3, 0.4) is 0 Å². The third-order valence-corrected chi connectivity index (χ3v) is 1.57. The summed E-state index contributed by atoms with van der Waals surface area (Å²) in [6.07, 6.45) is 0. The molecule has 1 fully saturated rings. The maximum atomic E-state index is 10.8. The maximum Gasteiger partial charge on any atom is 0.323 e. The minimum atomic E-state index is -0.303. The fourth-order valence-corrected chi connectivity index (χ4v) is 0.901.